The fourth-order valence-electron chi connectivity index (χ4n) is 2.26. The normalized spacial score (nSPS) is 10.4. The lowest BCUT2D eigenvalue weighted by Crippen LogP contribution is -2.03. The van der Waals surface area contributed by atoms with Crippen LogP contribution in [-0.4, -0.2) is 12.0 Å². The number of halogens is 2. The molecular formula is C22H23F2NO4. The Labute approximate surface area is 168 Å². The molecule has 0 fully saturated rings. The van der Waals surface area contributed by atoms with Crippen LogP contribution in [0.5, 0.6) is 11.5 Å². The predicted octanol–water partition coefficient (Wildman–Crippen LogP) is 5.83. The van der Waals surface area contributed by atoms with Crippen molar-refractivity contribution < 1.29 is 23.2 Å². The van der Waals surface area contributed by atoms with Crippen LogP contribution in [0.4, 0.5) is 8.78 Å². The standard InChI is InChI=1S/C20H17F2NO4.C2H6/c1-4-17(11-13(2)23(24)25)27-20-18(26-3)10-7-15(19(20)22)12-14-5-8-16(21)9-6-14;1-2/h4-11H,1-2,12H2,3H3;1-2H3/b17-11+;. The fourth-order valence-corrected chi connectivity index (χ4v) is 2.26. The van der Waals surface area contributed by atoms with Crippen molar-refractivity contribution in [3.05, 3.63) is 106 Å². The van der Waals surface area contributed by atoms with Crippen LogP contribution in [0.25, 0.3) is 0 Å². The van der Waals surface area contributed by atoms with Crippen LogP contribution in [0.15, 0.2) is 73.2 Å². The van der Waals surface area contributed by atoms with Crippen LogP contribution >= 0.6 is 0 Å². The van der Waals surface area contributed by atoms with Crippen molar-refractivity contribution in [1.29, 1.82) is 0 Å². The molecule has 2 aromatic carbocycles. The average molecular weight is 403 g/mol. The number of nitrogens with zero attached hydrogens (tertiary/aromatic N) is 1. The summed E-state index contributed by atoms with van der Waals surface area (Å²) in [5.41, 5.74) is 0.549. The largest absolute Gasteiger partial charge is 0.493 e. The molecule has 0 saturated heterocycles. The molecule has 0 aromatic heterocycles. The molecule has 0 atom stereocenters. The van der Waals surface area contributed by atoms with E-state index in [2.05, 4.69) is 13.2 Å². The first-order valence-electron chi connectivity index (χ1n) is 8.80. The third kappa shape index (κ3) is 6.57. The predicted molar refractivity (Wildman–Crippen MR) is 109 cm³/mol. The van der Waals surface area contributed by atoms with E-state index in [4.69, 9.17) is 9.47 Å². The molecule has 0 radical (unpaired) electrons. The smallest absolute Gasteiger partial charge is 0.266 e. The Morgan fingerprint density at radius 2 is 1.79 bits per heavy atom. The highest BCUT2D eigenvalue weighted by Gasteiger charge is 2.18. The Balaban J connectivity index is 0.00000204. The van der Waals surface area contributed by atoms with Gasteiger partial charge in [-0.2, -0.15) is 0 Å². The zero-order valence-corrected chi connectivity index (χ0v) is 16.6. The fraction of sp³-hybridized carbons (Fsp3) is 0.182. The van der Waals surface area contributed by atoms with Crippen LogP contribution in [0.3, 0.4) is 0 Å². The number of methoxy groups -OCH3 is 1. The molecule has 0 bridgehead atoms. The van der Waals surface area contributed by atoms with Crippen LogP contribution in [0, 0.1) is 21.7 Å². The number of hydrogen-bond donors (Lipinski definition) is 0. The Kier molecular flexibility index (Phi) is 9.25. The van der Waals surface area contributed by atoms with Gasteiger partial charge in [-0.25, -0.2) is 8.78 Å². The number of nitro groups is 1. The summed E-state index contributed by atoms with van der Waals surface area (Å²) in [6.07, 6.45) is 2.42. The molecule has 0 saturated carbocycles. The average Bonchev–Trinajstić information content (AvgIpc) is 2.73. The van der Waals surface area contributed by atoms with E-state index in [1.165, 1.54) is 37.5 Å². The zero-order valence-electron chi connectivity index (χ0n) is 16.6. The lowest BCUT2D eigenvalue weighted by atomic mass is 10.0. The Bertz CT molecular complexity index is 906. The third-order valence-corrected chi connectivity index (χ3v) is 3.63. The Hall–Kier alpha value is -3.48. The lowest BCUT2D eigenvalue weighted by molar-refractivity contribution is -0.418. The van der Waals surface area contributed by atoms with Gasteiger partial charge in [0.1, 0.15) is 11.6 Å². The number of hydrogen-bond acceptors (Lipinski definition) is 4. The van der Waals surface area contributed by atoms with Gasteiger partial charge in [0.05, 0.1) is 18.1 Å². The first-order chi connectivity index (χ1) is 13.8. The molecule has 0 aliphatic heterocycles. The molecule has 5 nitrogen and oxygen atoms in total. The second kappa shape index (κ2) is 11.4. The van der Waals surface area contributed by atoms with E-state index in [0.717, 1.165) is 6.08 Å². The van der Waals surface area contributed by atoms with E-state index in [9.17, 15) is 18.9 Å². The number of benzene rings is 2. The van der Waals surface area contributed by atoms with Crippen molar-refractivity contribution in [3.63, 3.8) is 0 Å². The van der Waals surface area contributed by atoms with E-state index < -0.39 is 16.4 Å². The first-order valence-corrected chi connectivity index (χ1v) is 8.80. The Morgan fingerprint density at radius 3 is 2.31 bits per heavy atom. The van der Waals surface area contributed by atoms with E-state index in [-0.39, 0.29) is 35.1 Å². The maximum atomic E-state index is 15.0. The molecule has 154 valence electrons. The molecule has 2 rings (SSSR count). The maximum Gasteiger partial charge on any atom is 0.266 e. The maximum absolute atomic E-state index is 15.0. The van der Waals surface area contributed by atoms with Gasteiger partial charge >= 0.3 is 0 Å². The van der Waals surface area contributed by atoms with Crippen molar-refractivity contribution in [2.24, 2.45) is 0 Å². The van der Waals surface area contributed by atoms with Crippen molar-refractivity contribution in [2.75, 3.05) is 7.11 Å². The molecular weight excluding hydrogens is 380 g/mol. The van der Waals surface area contributed by atoms with Crippen LogP contribution in [0.2, 0.25) is 0 Å². The van der Waals surface area contributed by atoms with Gasteiger partial charge in [-0.3, -0.25) is 10.1 Å². The third-order valence-electron chi connectivity index (χ3n) is 3.63. The number of rotatable bonds is 8. The zero-order chi connectivity index (χ0) is 22.0. The van der Waals surface area contributed by atoms with E-state index >= 15 is 0 Å². The van der Waals surface area contributed by atoms with Gasteiger partial charge < -0.3 is 9.47 Å². The molecule has 0 amide bonds. The van der Waals surface area contributed by atoms with Crippen LogP contribution < -0.4 is 9.47 Å². The molecule has 0 unspecified atom stereocenters. The van der Waals surface area contributed by atoms with Crippen LogP contribution in [-0.2, 0) is 6.42 Å². The van der Waals surface area contributed by atoms with E-state index in [1.807, 2.05) is 13.8 Å². The van der Waals surface area contributed by atoms with E-state index in [0.29, 0.717) is 5.56 Å². The SMILES string of the molecule is C=C/C(=C\C(=C)[N+](=O)[O-])Oc1c(OC)ccc(Cc2ccc(F)cc2)c1F.CC. The minimum Gasteiger partial charge on any atom is -0.493 e. The lowest BCUT2D eigenvalue weighted by Gasteiger charge is -2.14. The summed E-state index contributed by atoms with van der Waals surface area (Å²) in [4.78, 5) is 10.0. The summed E-state index contributed by atoms with van der Waals surface area (Å²) in [5, 5.41) is 10.7. The summed E-state index contributed by atoms with van der Waals surface area (Å²) >= 11 is 0. The summed E-state index contributed by atoms with van der Waals surface area (Å²) in [7, 11) is 1.34. The summed E-state index contributed by atoms with van der Waals surface area (Å²) in [6.45, 7) is 10.8. The quantitative estimate of drug-likeness (QED) is 0.241. The highest BCUT2D eigenvalue weighted by Crippen LogP contribution is 2.35. The molecule has 2 aromatic rings. The van der Waals surface area contributed by atoms with Gasteiger partial charge in [0.2, 0.25) is 5.75 Å². The van der Waals surface area contributed by atoms with Crippen LogP contribution in [0.1, 0.15) is 25.0 Å². The van der Waals surface area contributed by atoms with Gasteiger partial charge in [-0.1, -0.05) is 38.6 Å². The number of ether oxygens (including phenoxy) is 2. The minimum atomic E-state index is -0.703. The van der Waals surface area contributed by atoms with Gasteiger partial charge in [-0.15, -0.1) is 0 Å². The molecule has 29 heavy (non-hydrogen) atoms. The first kappa shape index (κ1) is 23.6. The molecule has 0 aliphatic rings. The van der Waals surface area contributed by atoms with Gasteiger partial charge in [0.15, 0.2) is 11.6 Å². The van der Waals surface area contributed by atoms with Crippen molar-refractivity contribution in [3.8, 4) is 11.5 Å². The highest BCUT2D eigenvalue weighted by atomic mass is 19.1. The topological polar surface area (TPSA) is 61.6 Å². The number of allylic oxidation sites excluding steroid dienone is 2. The highest BCUT2D eigenvalue weighted by molar-refractivity contribution is 5.47. The van der Waals surface area contributed by atoms with Crippen molar-refractivity contribution in [2.45, 2.75) is 20.3 Å². The monoisotopic (exact) mass is 403 g/mol. The van der Waals surface area contributed by atoms with Crippen molar-refractivity contribution in [1.82, 2.24) is 0 Å². The van der Waals surface area contributed by atoms with Gasteiger partial charge in [0.25, 0.3) is 5.70 Å². The second-order valence-electron chi connectivity index (χ2n) is 5.47. The molecule has 0 spiro atoms. The minimum absolute atomic E-state index is 0.0622. The summed E-state index contributed by atoms with van der Waals surface area (Å²) in [6, 6.07) is 8.72. The molecule has 0 heterocycles. The second-order valence-corrected chi connectivity index (χ2v) is 5.47. The Morgan fingerprint density at radius 1 is 1.17 bits per heavy atom. The summed E-state index contributed by atoms with van der Waals surface area (Å²) in [5.74, 6) is -1.27. The summed E-state index contributed by atoms with van der Waals surface area (Å²) < 4.78 is 38.6. The van der Waals surface area contributed by atoms with E-state index in [1.54, 1.807) is 12.1 Å². The molecule has 0 aliphatic carbocycles. The van der Waals surface area contributed by atoms with Gasteiger partial charge in [0, 0.05) is 6.42 Å². The van der Waals surface area contributed by atoms with Crippen molar-refractivity contribution >= 4 is 0 Å². The van der Waals surface area contributed by atoms with Gasteiger partial charge in [-0.05, 0) is 42.0 Å². The molecule has 0 N–H and O–H groups in total. The molecule has 7 heteroatoms.